The second-order valence-corrected chi connectivity index (χ2v) is 9.25. The van der Waals surface area contributed by atoms with Gasteiger partial charge in [-0.05, 0) is 66.3 Å². The van der Waals surface area contributed by atoms with Crippen LogP contribution in [-0.2, 0) is 19.0 Å². The van der Waals surface area contributed by atoms with E-state index in [1.54, 1.807) is 14.2 Å². The largest absolute Gasteiger partial charge is 0.498 e. The molecule has 35 heavy (non-hydrogen) atoms. The second kappa shape index (κ2) is 9.38. The highest BCUT2D eigenvalue weighted by atomic mass is 16.5. The molecule has 0 bridgehead atoms. The van der Waals surface area contributed by atoms with Crippen molar-refractivity contribution in [1.29, 1.82) is 0 Å². The molecule has 2 heterocycles. The van der Waals surface area contributed by atoms with Gasteiger partial charge < -0.3 is 19.1 Å². The Balaban J connectivity index is 1.80. The van der Waals surface area contributed by atoms with Gasteiger partial charge >= 0.3 is 5.97 Å². The van der Waals surface area contributed by atoms with Gasteiger partial charge in [0.2, 0.25) is 0 Å². The monoisotopic (exact) mass is 471 g/mol. The Morgan fingerprint density at radius 1 is 1.09 bits per heavy atom. The standard InChI is InChI=1S/C30H33NO4/c1-6-21-15-20-16-25(33-4)26(34-5)17-24(20)29-28(30(32)35-7-2)27(18(3)31(21)29)23-14-10-12-19-11-8-9-13-22(19)23/h8-14,16-17,21,25,28H,6-7,15H2,1-5H3. The molecule has 3 atom stereocenters. The number of allylic oxidation sites excluding steroid dienone is 3. The summed E-state index contributed by atoms with van der Waals surface area (Å²) < 4.78 is 17.1. The van der Waals surface area contributed by atoms with Crippen molar-refractivity contribution >= 4 is 22.3 Å². The number of methoxy groups -OCH3 is 2. The molecule has 0 aromatic heterocycles. The summed E-state index contributed by atoms with van der Waals surface area (Å²) in [5.74, 6) is 0.0200. The average molecular weight is 472 g/mol. The van der Waals surface area contributed by atoms with Crippen LogP contribution < -0.4 is 0 Å². The quantitative estimate of drug-likeness (QED) is 0.485. The van der Waals surface area contributed by atoms with Crippen LogP contribution >= 0.6 is 0 Å². The molecule has 1 aliphatic carbocycles. The highest BCUT2D eigenvalue weighted by Gasteiger charge is 2.47. The number of hydrogen-bond donors (Lipinski definition) is 0. The fourth-order valence-electron chi connectivity index (χ4n) is 5.94. The molecule has 0 spiro atoms. The third-order valence-electron chi connectivity index (χ3n) is 7.50. The van der Waals surface area contributed by atoms with E-state index >= 15 is 0 Å². The summed E-state index contributed by atoms with van der Waals surface area (Å²) in [6.45, 7) is 6.56. The Bertz CT molecular complexity index is 1290. The number of hydrogen-bond acceptors (Lipinski definition) is 5. The third kappa shape index (κ3) is 3.69. The Morgan fingerprint density at radius 2 is 1.86 bits per heavy atom. The van der Waals surface area contributed by atoms with Crippen LogP contribution in [0.25, 0.3) is 16.3 Å². The van der Waals surface area contributed by atoms with Gasteiger partial charge in [-0.1, -0.05) is 49.4 Å². The van der Waals surface area contributed by atoms with Crippen molar-refractivity contribution in [1.82, 2.24) is 4.90 Å². The summed E-state index contributed by atoms with van der Waals surface area (Å²) >= 11 is 0. The molecule has 0 saturated carbocycles. The summed E-state index contributed by atoms with van der Waals surface area (Å²) in [6.07, 6.45) is 5.83. The summed E-state index contributed by atoms with van der Waals surface area (Å²) in [5.41, 5.74) is 6.49. The zero-order chi connectivity index (χ0) is 24.7. The lowest BCUT2D eigenvalue weighted by Crippen LogP contribution is -2.39. The van der Waals surface area contributed by atoms with E-state index in [9.17, 15) is 4.79 Å². The zero-order valence-electron chi connectivity index (χ0n) is 21.1. The lowest BCUT2D eigenvalue weighted by atomic mass is 9.81. The number of carbonyl (C=O) groups is 1. The lowest BCUT2D eigenvalue weighted by Gasteiger charge is -2.40. The van der Waals surface area contributed by atoms with Crippen LogP contribution in [0.5, 0.6) is 0 Å². The van der Waals surface area contributed by atoms with Gasteiger partial charge in [-0.2, -0.15) is 0 Å². The van der Waals surface area contributed by atoms with E-state index in [0.717, 1.165) is 57.5 Å². The predicted octanol–water partition coefficient (Wildman–Crippen LogP) is 5.99. The number of esters is 1. The van der Waals surface area contributed by atoms with Gasteiger partial charge in [0, 0.05) is 30.1 Å². The number of ether oxygens (including phenoxy) is 3. The molecule has 5 nitrogen and oxygen atoms in total. The van der Waals surface area contributed by atoms with E-state index in [1.165, 1.54) is 5.57 Å². The van der Waals surface area contributed by atoms with Gasteiger partial charge in [0.25, 0.3) is 0 Å². The van der Waals surface area contributed by atoms with Crippen LogP contribution in [0.15, 0.2) is 82.9 Å². The summed E-state index contributed by atoms with van der Waals surface area (Å²) in [7, 11) is 3.36. The molecule has 182 valence electrons. The molecule has 2 aliphatic heterocycles. The fraction of sp³-hybridized carbons (Fsp3) is 0.367. The molecule has 0 N–H and O–H groups in total. The van der Waals surface area contributed by atoms with Gasteiger partial charge in [-0.3, -0.25) is 4.79 Å². The SMILES string of the molecule is CCOC(=O)C1C(c2cccc3ccccc23)=C(C)N2C1=C1C=C(OC)C(OC)C=C1CC2CC. The predicted molar refractivity (Wildman–Crippen MR) is 138 cm³/mol. The first-order valence-electron chi connectivity index (χ1n) is 12.4. The molecule has 2 aromatic rings. The maximum atomic E-state index is 13.7. The van der Waals surface area contributed by atoms with Crippen molar-refractivity contribution in [3.8, 4) is 0 Å². The Labute approximate surface area is 207 Å². The number of benzene rings is 2. The minimum atomic E-state index is -0.512. The maximum absolute atomic E-state index is 13.7. The van der Waals surface area contributed by atoms with Crippen molar-refractivity contribution in [3.05, 3.63) is 88.5 Å². The first kappa shape index (κ1) is 23.4. The number of rotatable bonds is 6. The molecule has 0 fully saturated rings. The molecule has 3 unspecified atom stereocenters. The maximum Gasteiger partial charge on any atom is 0.319 e. The molecule has 3 aliphatic rings. The van der Waals surface area contributed by atoms with Gasteiger partial charge in [0.05, 0.1) is 13.7 Å². The van der Waals surface area contributed by atoms with E-state index in [-0.39, 0.29) is 18.1 Å². The molecule has 0 amide bonds. The fourth-order valence-corrected chi connectivity index (χ4v) is 5.94. The van der Waals surface area contributed by atoms with Gasteiger partial charge in [-0.25, -0.2) is 0 Å². The van der Waals surface area contributed by atoms with Gasteiger partial charge in [0.1, 0.15) is 17.8 Å². The number of fused-ring (bicyclic) bond motifs is 3. The number of nitrogens with zero attached hydrogens (tertiary/aromatic N) is 1. The van der Waals surface area contributed by atoms with Crippen LogP contribution in [0, 0.1) is 5.92 Å². The Hall–Kier alpha value is -3.31. The first-order valence-corrected chi connectivity index (χ1v) is 12.4. The van der Waals surface area contributed by atoms with E-state index < -0.39 is 5.92 Å². The summed E-state index contributed by atoms with van der Waals surface area (Å²) in [6, 6.07) is 14.9. The average Bonchev–Trinajstić information content (AvgIpc) is 3.20. The molecular formula is C30H33NO4. The van der Waals surface area contributed by atoms with Crippen molar-refractivity contribution in [2.75, 3.05) is 20.8 Å². The van der Waals surface area contributed by atoms with Gasteiger partial charge in [-0.15, -0.1) is 0 Å². The van der Waals surface area contributed by atoms with Gasteiger partial charge in [0.15, 0.2) is 0 Å². The number of carbonyl (C=O) groups excluding carboxylic acids is 1. The Kier molecular flexibility index (Phi) is 6.28. The van der Waals surface area contributed by atoms with E-state index in [0.29, 0.717) is 6.61 Å². The van der Waals surface area contributed by atoms with Crippen molar-refractivity contribution in [2.45, 2.75) is 45.8 Å². The zero-order valence-corrected chi connectivity index (χ0v) is 21.1. The van der Waals surface area contributed by atoms with Crippen LogP contribution in [0.3, 0.4) is 0 Å². The van der Waals surface area contributed by atoms with Crippen LogP contribution in [0.1, 0.15) is 39.2 Å². The highest BCUT2D eigenvalue weighted by molar-refractivity contribution is 6.02. The van der Waals surface area contributed by atoms with Crippen LogP contribution in [0.2, 0.25) is 0 Å². The van der Waals surface area contributed by atoms with E-state index in [2.05, 4.69) is 67.3 Å². The topological polar surface area (TPSA) is 48.0 Å². The van der Waals surface area contributed by atoms with E-state index in [4.69, 9.17) is 14.2 Å². The van der Waals surface area contributed by atoms with Crippen LogP contribution in [-0.4, -0.2) is 43.8 Å². The minimum absolute atomic E-state index is 0.211. The van der Waals surface area contributed by atoms with Crippen molar-refractivity contribution < 1.29 is 19.0 Å². The highest BCUT2D eigenvalue weighted by Crippen LogP contribution is 2.52. The molecule has 0 radical (unpaired) electrons. The normalized spacial score (nSPS) is 23.7. The second-order valence-electron chi connectivity index (χ2n) is 9.25. The molecular weight excluding hydrogens is 438 g/mol. The molecule has 2 aromatic carbocycles. The molecule has 0 saturated heterocycles. The molecule has 5 heteroatoms. The van der Waals surface area contributed by atoms with Crippen molar-refractivity contribution in [3.63, 3.8) is 0 Å². The molecule has 5 rings (SSSR count). The Morgan fingerprint density at radius 3 is 2.57 bits per heavy atom. The lowest BCUT2D eigenvalue weighted by molar-refractivity contribution is -0.145. The minimum Gasteiger partial charge on any atom is -0.498 e. The van der Waals surface area contributed by atoms with E-state index in [1.807, 2.05) is 13.0 Å². The van der Waals surface area contributed by atoms with Crippen LogP contribution in [0.4, 0.5) is 0 Å². The van der Waals surface area contributed by atoms with Crippen molar-refractivity contribution in [2.24, 2.45) is 5.92 Å². The summed E-state index contributed by atoms with van der Waals surface area (Å²) in [4.78, 5) is 16.1. The first-order chi connectivity index (χ1) is 17.0. The third-order valence-corrected chi connectivity index (χ3v) is 7.50. The summed E-state index contributed by atoms with van der Waals surface area (Å²) in [5, 5.41) is 2.30. The smallest absolute Gasteiger partial charge is 0.319 e.